The minimum absolute atomic E-state index is 0.0240. The molecule has 0 aromatic rings. The van der Waals surface area contributed by atoms with Gasteiger partial charge in [0.25, 0.3) is 0 Å². The van der Waals surface area contributed by atoms with E-state index in [1.54, 1.807) is 4.67 Å². The molecule has 1 aliphatic heterocycles. The van der Waals surface area contributed by atoms with Crippen LogP contribution in [0.1, 0.15) is 20.3 Å². The number of rotatable bonds is 4. The van der Waals surface area contributed by atoms with Crippen molar-refractivity contribution in [1.29, 1.82) is 0 Å². The molecule has 1 atom stereocenters. The number of hydrogen-bond donors (Lipinski definition) is 2. The molecule has 94 valence electrons. The van der Waals surface area contributed by atoms with Crippen LogP contribution in [0, 0.1) is 0 Å². The molecule has 2 N–H and O–H groups in total. The summed E-state index contributed by atoms with van der Waals surface area (Å²) in [6, 6.07) is -0.0240. The van der Waals surface area contributed by atoms with E-state index >= 15 is 0 Å². The molecule has 0 aromatic heterocycles. The highest BCUT2D eigenvalue weighted by Crippen LogP contribution is 2.53. The maximum Gasteiger partial charge on any atom is 0.408 e. The molecule has 16 heavy (non-hydrogen) atoms. The largest absolute Gasteiger partial charge is 0.408 e. The highest BCUT2D eigenvalue weighted by Gasteiger charge is 2.38. The maximum atomic E-state index is 12.2. The van der Waals surface area contributed by atoms with Gasteiger partial charge in [0.05, 0.1) is 0 Å². The standard InChI is InChI=1S/C9H19N2O4P/c1-7-6-11(16(13,14-3)15-4)8(2)5-9(7)10-12/h8,10,12H,5-6H2,1-4H3/t8-/m1/s1. The van der Waals surface area contributed by atoms with E-state index in [1.807, 2.05) is 13.8 Å². The van der Waals surface area contributed by atoms with Gasteiger partial charge in [0.1, 0.15) is 0 Å². The first-order valence-electron chi connectivity index (χ1n) is 5.05. The van der Waals surface area contributed by atoms with Crippen molar-refractivity contribution in [3.63, 3.8) is 0 Å². The van der Waals surface area contributed by atoms with Crippen LogP contribution >= 0.6 is 7.75 Å². The van der Waals surface area contributed by atoms with Crippen LogP contribution in [-0.4, -0.2) is 36.7 Å². The zero-order valence-corrected chi connectivity index (χ0v) is 11.0. The molecule has 0 bridgehead atoms. The zero-order valence-electron chi connectivity index (χ0n) is 10.1. The van der Waals surface area contributed by atoms with Gasteiger partial charge < -0.3 is 0 Å². The van der Waals surface area contributed by atoms with Crippen molar-refractivity contribution in [2.45, 2.75) is 26.3 Å². The SMILES string of the molecule is COP(=O)(OC)N1CC(C)=C(NO)C[C@H]1C. The summed E-state index contributed by atoms with van der Waals surface area (Å²) in [7, 11) is -0.456. The first kappa shape index (κ1) is 13.7. The van der Waals surface area contributed by atoms with Crippen LogP contribution < -0.4 is 5.48 Å². The smallest absolute Gasteiger partial charge is 0.300 e. The molecular weight excluding hydrogens is 231 g/mol. The van der Waals surface area contributed by atoms with Gasteiger partial charge in [-0.3, -0.25) is 19.7 Å². The van der Waals surface area contributed by atoms with E-state index in [9.17, 15) is 4.57 Å². The van der Waals surface area contributed by atoms with Crippen molar-refractivity contribution in [2.75, 3.05) is 20.8 Å². The molecule has 7 heteroatoms. The summed E-state index contributed by atoms with van der Waals surface area (Å²) < 4.78 is 23.9. The Bertz CT molecular complexity index is 323. The Balaban J connectivity index is 2.94. The number of hydroxylamine groups is 1. The van der Waals surface area contributed by atoms with E-state index in [0.717, 1.165) is 11.3 Å². The van der Waals surface area contributed by atoms with Gasteiger partial charge in [-0.15, -0.1) is 0 Å². The van der Waals surface area contributed by atoms with E-state index < -0.39 is 7.75 Å². The quantitative estimate of drug-likeness (QED) is 0.585. The third-order valence-electron chi connectivity index (χ3n) is 2.83. The number of hydrogen-bond acceptors (Lipinski definition) is 5. The molecule has 0 amide bonds. The average Bonchev–Trinajstić information content (AvgIpc) is 2.30. The molecular formula is C9H19N2O4P. The fourth-order valence-corrected chi connectivity index (χ4v) is 3.34. The second-order valence-corrected chi connectivity index (χ2v) is 6.04. The predicted molar refractivity (Wildman–Crippen MR) is 60.0 cm³/mol. The Hall–Kier alpha value is -0.390. The topological polar surface area (TPSA) is 71.0 Å². The summed E-state index contributed by atoms with van der Waals surface area (Å²) in [5.41, 5.74) is 3.87. The summed E-state index contributed by atoms with van der Waals surface area (Å²) >= 11 is 0. The maximum absolute atomic E-state index is 12.2. The van der Waals surface area contributed by atoms with Gasteiger partial charge >= 0.3 is 7.75 Å². The second kappa shape index (κ2) is 5.29. The monoisotopic (exact) mass is 250 g/mol. The minimum atomic E-state index is -3.20. The minimum Gasteiger partial charge on any atom is -0.300 e. The van der Waals surface area contributed by atoms with E-state index in [0.29, 0.717) is 13.0 Å². The fourth-order valence-electron chi connectivity index (χ4n) is 1.82. The summed E-state index contributed by atoms with van der Waals surface area (Å²) in [5, 5.41) is 8.92. The number of nitrogens with one attached hydrogen (secondary N) is 1. The lowest BCUT2D eigenvalue weighted by Gasteiger charge is -2.37. The molecule has 0 fully saturated rings. The average molecular weight is 250 g/mol. The Morgan fingerprint density at radius 3 is 2.50 bits per heavy atom. The summed E-state index contributed by atoms with van der Waals surface area (Å²) in [6.07, 6.45) is 0.582. The molecule has 0 radical (unpaired) electrons. The van der Waals surface area contributed by atoms with Crippen molar-refractivity contribution < 1.29 is 18.8 Å². The van der Waals surface area contributed by atoms with Gasteiger partial charge in [0, 0.05) is 38.9 Å². The van der Waals surface area contributed by atoms with E-state index in [4.69, 9.17) is 14.3 Å². The van der Waals surface area contributed by atoms with Crippen LogP contribution in [-0.2, 0) is 13.6 Å². The van der Waals surface area contributed by atoms with Gasteiger partial charge in [-0.2, -0.15) is 0 Å². The van der Waals surface area contributed by atoms with E-state index in [-0.39, 0.29) is 6.04 Å². The predicted octanol–water partition coefficient (Wildman–Crippen LogP) is 1.73. The summed E-state index contributed by atoms with van der Waals surface area (Å²) in [4.78, 5) is 0. The second-order valence-electron chi connectivity index (χ2n) is 3.86. The fraction of sp³-hybridized carbons (Fsp3) is 0.778. The molecule has 0 aliphatic carbocycles. The van der Waals surface area contributed by atoms with Gasteiger partial charge in [-0.05, 0) is 19.4 Å². The van der Waals surface area contributed by atoms with Gasteiger partial charge in [0.2, 0.25) is 0 Å². The molecule has 0 aromatic carbocycles. The lowest BCUT2D eigenvalue weighted by molar-refractivity contribution is 0.159. The highest BCUT2D eigenvalue weighted by atomic mass is 31.2. The molecule has 0 saturated carbocycles. The van der Waals surface area contributed by atoms with Gasteiger partial charge in [-0.1, -0.05) is 0 Å². The third kappa shape index (κ3) is 2.47. The zero-order chi connectivity index (χ0) is 12.3. The Kier molecular flexibility index (Phi) is 4.52. The van der Waals surface area contributed by atoms with Crippen molar-refractivity contribution >= 4 is 7.75 Å². The van der Waals surface area contributed by atoms with Crippen molar-refractivity contribution in [3.05, 3.63) is 11.3 Å². The lowest BCUT2D eigenvalue weighted by atomic mass is 10.0. The molecule has 0 spiro atoms. The number of nitrogens with zero attached hydrogens (tertiary/aromatic N) is 1. The van der Waals surface area contributed by atoms with Crippen LogP contribution in [0.4, 0.5) is 0 Å². The molecule has 0 unspecified atom stereocenters. The Morgan fingerprint density at radius 2 is 2.06 bits per heavy atom. The summed E-state index contributed by atoms with van der Waals surface area (Å²) in [6.45, 7) is 4.23. The van der Waals surface area contributed by atoms with Gasteiger partial charge in [0.15, 0.2) is 0 Å². The van der Waals surface area contributed by atoms with E-state index in [2.05, 4.69) is 5.48 Å². The van der Waals surface area contributed by atoms with Crippen molar-refractivity contribution in [1.82, 2.24) is 10.2 Å². The molecule has 0 saturated heterocycles. The van der Waals surface area contributed by atoms with Crippen LogP contribution in [0.5, 0.6) is 0 Å². The Morgan fingerprint density at radius 1 is 1.50 bits per heavy atom. The first-order chi connectivity index (χ1) is 7.48. The first-order valence-corrected chi connectivity index (χ1v) is 6.55. The molecule has 1 heterocycles. The lowest BCUT2D eigenvalue weighted by Crippen LogP contribution is -2.38. The summed E-state index contributed by atoms with van der Waals surface area (Å²) in [5.74, 6) is 0. The van der Waals surface area contributed by atoms with Crippen LogP contribution in [0.2, 0.25) is 0 Å². The molecule has 6 nitrogen and oxygen atoms in total. The van der Waals surface area contributed by atoms with Crippen molar-refractivity contribution in [2.24, 2.45) is 0 Å². The van der Waals surface area contributed by atoms with E-state index in [1.165, 1.54) is 14.2 Å². The van der Waals surface area contributed by atoms with Crippen LogP contribution in [0.3, 0.4) is 0 Å². The normalized spacial score (nSPS) is 23.7. The third-order valence-corrected chi connectivity index (χ3v) is 4.92. The molecule has 1 aliphatic rings. The molecule has 1 rings (SSSR count). The van der Waals surface area contributed by atoms with Crippen LogP contribution in [0.15, 0.2) is 11.3 Å². The highest BCUT2D eigenvalue weighted by molar-refractivity contribution is 7.51. The van der Waals surface area contributed by atoms with Crippen LogP contribution in [0.25, 0.3) is 0 Å². The Labute approximate surface area is 95.8 Å². The van der Waals surface area contributed by atoms with Gasteiger partial charge in [-0.25, -0.2) is 9.24 Å². The van der Waals surface area contributed by atoms with Crippen molar-refractivity contribution in [3.8, 4) is 0 Å².